The Hall–Kier alpha value is -3.55. The molecule has 0 saturated carbocycles. The van der Waals surface area contributed by atoms with Gasteiger partial charge in [-0.2, -0.15) is 0 Å². The molecule has 7 heteroatoms. The lowest BCUT2D eigenvalue weighted by molar-refractivity contribution is -0.136. The van der Waals surface area contributed by atoms with Crippen LogP contribution in [0.15, 0.2) is 60.7 Å². The van der Waals surface area contributed by atoms with Crippen LogP contribution in [0.2, 0.25) is 0 Å². The first-order chi connectivity index (χ1) is 17.4. The number of rotatable bonds is 6. The molecule has 0 amide bonds. The summed E-state index contributed by atoms with van der Waals surface area (Å²) < 4.78 is 6.22. The molecule has 4 rings (SSSR count). The van der Waals surface area contributed by atoms with Crippen LogP contribution < -0.4 is 21.3 Å². The number of nitrogens with two attached hydrogens (primary N) is 2. The molecular weight excluding hydrogens is 464 g/mol. The topological polar surface area (TPSA) is 105 Å². The quantitative estimate of drug-likeness (QED) is 0.244. The Morgan fingerprint density at radius 2 is 1.81 bits per heavy atom. The maximum atomic E-state index is 10.8. The predicted molar refractivity (Wildman–Crippen MR) is 151 cm³/mol. The van der Waals surface area contributed by atoms with E-state index in [2.05, 4.69) is 49.9 Å². The third-order valence-corrected chi connectivity index (χ3v) is 6.47. The van der Waals surface area contributed by atoms with Crippen molar-refractivity contribution in [3.63, 3.8) is 0 Å². The number of hydrogen-bond acceptors (Lipinski definition) is 6. The number of anilines is 2. The maximum Gasteiger partial charge on any atom is 0.303 e. The van der Waals surface area contributed by atoms with Gasteiger partial charge in [0, 0.05) is 38.7 Å². The van der Waals surface area contributed by atoms with Gasteiger partial charge in [0.2, 0.25) is 0 Å². The van der Waals surface area contributed by atoms with E-state index in [9.17, 15) is 4.79 Å². The summed E-state index contributed by atoms with van der Waals surface area (Å²) in [7, 11) is 1.77. The molecule has 0 aliphatic carbocycles. The normalized spacial score (nSPS) is 14.4. The molecule has 1 aliphatic rings. The number of benzene rings is 3. The molecule has 5 N–H and O–H groups in total. The van der Waals surface area contributed by atoms with Gasteiger partial charge in [-0.1, -0.05) is 48.5 Å². The molecule has 0 atom stereocenters. The van der Waals surface area contributed by atoms with Crippen molar-refractivity contribution in [2.24, 2.45) is 5.84 Å². The zero-order valence-corrected chi connectivity index (χ0v) is 22.6. The van der Waals surface area contributed by atoms with Crippen molar-refractivity contribution in [3.8, 4) is 5.75 Å². The molecule has 0 unspecified atom stereocenters. The Kier molecular flexibility index (Phi) is 9.18. The molecule has 0 bridgehead atoms. The van der Waals surface area contributed by atoms with Crippen LogP contribution in [0, 0.1) is 13.8 Å². The Morgan fingerprint density at radius 1 is 1.08 bits per heavy atom. The average Bonchev–Trinajstić information content (AvgIpc) is 2.95. The monoisotopic (exact) mass is 504 g/mol. The molecule has 0 radical (unpaired) electrons. The second-order valence-electron chi connectivity index (χ2n) is 10.4. The first-order valence-corrected chi connectivity index (χ1v) is 12.6. The third-order valence-electron chi connectivity index (χ3n) is 6.47. The standard InChI is InChI=1S/C22H27NO3.C8H13N3/c1-16-8-9-17(10-11-21(24)25)12-19(16)14-23-13-18-6-4-5-7-20(18)26-22(2,3)15-23;1-6-4-3-5-7(8(6)9)11(2)10/h4-9,12H,10-11,13-15H2,1-3H3,(H,24,25);3-5H,9-10H2,1-2H3. The number of fused-ring (bicyclic) bond motifs is 1. The van der Waals surface area contributed by atoms with E-state index < -0.39 is 5.97 Å². The smallest absolute Gasteiger partial charge is 0.303 e. The second-order valence-corrected chi connectivity index (χ2v) is 10.4. The minimum atomic E-state index is -0.754. The molecule has 1 aliphatic heterocycles. The van der Waals surface area contributed by atoms with Crippen LogP contribution in [0.25, 0.3) is 0 Å². The fraction of sp³-hybridized carbons (Fsp3) is 0.367. The maximum absolute atomic E-state index is 10.8. The Bertz CT molecular complexity index is 1220. The highest BCUT2D eigenvalue weighted by Gasteiger charge is 2.29. The minimum Gasteiger partial charge on any atom is -0.486 e. The van der Waals surface area contributed by atoms with Gasteiger partial charge in [0.1, 0.15) is 11.4 Å². The number of hydrazine groups is 1. The van der Waals surface area contributed by atoms with Crippen LogP contribution in [-0.4, -0.2) is 35.2 Å². The first-order valence-electron chi connectivity index (χ1n) is 12.6. The van der Waals surface area contributed by atoms with Crippen LogP contribution in [0.3, 0.4) is 0 Å². The molecule has 7 nitrogen and oxygen atoms in total. The van der Waals surface area contributed by atoms with Gasteiger partial charge in [-0.05, 0) is 68.5 Å². The highest BCUT2D eigenvalue weighted by molar-refractivity contribution is 5.69. The molecule has 1 heterocycles. The van der Waals surface area contributed by atoms with E-state index in [1.807, 2.05) is 43.3 Å². The summed E-state index contributed by atoms with van der Waals surface area (Å²) in [6, 6.07) is 20.3. The number of carboxylic acid groups (broad SMARTS) is 1. The van der Waals surface area contributed by atoms with Crippen molar-refractivity contribution in [2.75, 3.05) is 24.3 Å². The van der Waals surface area contributed by atoms with E-state index in [0.29, 0.717) is 6.42 Å². The van der Waals surface area contributed by atoms with Crippen molar-refractivity contribution < 1.29 is 14.6 Å². The average molecular weight is 505 g/mol. The number of aryl methyl sites for hydroxylation is 3. The van der Waals surface area contributed by atoms with Gasteiger partial charge in [0.15, 0.2) is 0 Å². The number of hydrogen-bond donors (Lipinski definition) is 3. The van der Waals surface area contributed by atoms with Gasteiger partial charge in [-0.3, -0.25) is 9.69 Å². The van der Waals surface area contributed by atoms with Crippen molar-refractivity contribution in [1.29, 1.82) is 0 Å². The lowest BCUT2D eigenvalue weighted by Gasteiger charge is -2.30. The van der Waals surface area contributed by atoms with Gasteiger partial charge in [0.25, 0.3) is 0 Å². The molecule has 3 aromatic rings. The van der Waals surface area contributed by atoms with Gasteiger partial charge in [0.05, 0.1) is 11.4 Å². The lowest BCUT2D eigenvalue weighted by atomic mass is 10.0. The van der Waals surface area contributed by atoms with Gasteiger partial charge < -0.3 is 20.6 Å². The van der Waals surface area contributed by atoms with E-state index in [0.717, 1.165) is 47.9 Å². The summed E-state index contributed by atoms with van der Waals surface area (Å²) in [5, 5.41) is 10.4. The highest BCUT2D eigenvalue weighted by atomic mass is 16.5. The van der Waals surface area contributed by atoms with Crippen LogP contribution in [0.5, 0.6) is 5.75 Å². The molecule has 0 saturated heterocycles. The number of carboxylic acids is 1. The molecule has 37 heavy (non-hydrogen) atoms. The first kappa shape index (κ1) is 28.0. The summed E-state index contributed by atoms with van der Waals surface area (Å²) in [4.78, 5) is 13.3. The zero-order chi connectivity index (χ0) is 27.2. The Balaban J connectivity index is 0.000000289. The van der Waals surface area contributed by atoms with Crippen molar-refractivity contribution in [3.05, 3.63) is 88.5 Å². The SMILES string of the molecule is Cc1ccc(CCC(=O)O)cc1CN1Cc2ccccc2OC(C)(C)C1.Cc1cccc(N(C)N)c1N. The van der Waals surface area contributed by atoms with E-state index in [4.69, 9.17) is 21.4 Å². The molecule has 198 valence electrons. The fourth-order valence-electron chi connectivity index (χ4n) is 4.53. The largest absolute Gasteiger partial charge is 0.486 e. The van der Waals surface area contributed by atoms with Crippen molar-refractivity contribution >= 4 is 17.3 Å². The summed E-state index contributed by atoms with van der Waals surface area (Å²) in [5.41, 5.74) is 12.9. The fourth-order valence-corrected chi connectivity index (χ4v) is 4.53. The van der Waals surface area contributed by atoms with Crippen molar-refractivity contribution in [1.82, 2.24) is 4.90 Å². The molecule has 0 aromatic heterocycles. The molecular formula is C30H40N4O3. The van der Waals surface area contributed by atoms with E-state index in [1.54, 1.807) is 7.05 Å². The van der Waals surface area contributed by atoms with Gasteiger partial charge in [-0.25, -0.2) is 5.84 Å². The second kappa shape index (κ2) is 12.1. The van der Waals surface area contributed by atoms with Gasteiger partial charge >= 0.3 is 5.97 Å². The number of nitrogens with zero attached hydrogens (tertiary/aromatic N) is 2. The van der Waals surface area contributed by atoms with Crippen LogP contribution in [0.4, 0.5) is 11.4 Å². The van der Waals surface area contributed by atoms with E-state index in [1.165, 1.54) is 21.7 Å². The number of para-hydroxylation sites is 2. The zero-order valence-electron chi connectivity index (χ0n) is 22.6. The summed E-state index contributed by atoms with van der Waals surface area (Å²) in [5.74, 6) is 5.75. The number of ether oxygens (including phenoxy) is 1. The van der Waals surface area contributed by atoms with Crippen LogP contribution in [0.1, 0.15) is 48.1 Å². The Morgan fingerprint density at radius 3 is 2.49 bits per heavy atom. The highest BCUT2D eigenvalue weighted by Crippen LogP contribution is 2.30. The minimum absolute atomic E-state index is 0.167. The van der Waals surface area contributed by atoms with Crippen LogP contribution >= 0.6 is 0 Å². The van der Waals surface area contributed by atoms with E-state index in [-0.39, 0.29) is 12.0 Å². The summed E-state index contributed by atoms with van der Waals surface area (Å²) in [6.45, 7) is 10.8. The number of aliphatic carboxylic acids is 1. The van der Waals surface area contributed by atoms with Crippen molar-refractivity contribution in [2.45, 2.75) is 59.2 Å². The summed E-state index contributed by atoms with van der Waals surface area (Å²) >= 11 is 0. The van der Waals surface area contributed by atoms with Gasteiger partial charge in [-0.15, -0.1) is 0 Å². The number of carbonyl (C=O) groups is 1. The lowest BCUT2D eigenvalue weighted by Crippen LogP contribution is -2.40. The third kappa shape index (κ3) is 7.97. The van der Waals surface area contributed by atoms with Crippen LogP contribution in [-0.2, 0) is 24.3 Å². The predicted octanol–water partition coefficient (Wildman–Crippen LogP) is 5.07. The molecule has 3 aromatic carbocycles. The van der Waals surface area contributed by atoms with E-state index >= 15 is 0 Å². The molecule has 0 fully saturated rings. The molecule has 0 spiro atoms. The summed E-state index contributed by atoms with van der Waals surface area (Å²) in [6.07, 6.45) is 0.737. The number of nitrogen functional groups attached to an aromatic ring is 1. The Labute approximate surface area is 220 Å².